The van der Waals surface area contributed by atoms with Gasteiger partial charge >= 0.3 is 0 Å². The predicted molar refractivity (Wildman–Crippen MR) is 75.8 cm³/mol. The standard InChI is InChI=1S/C16H25NO/c1-12-5-6-14(13(2)10-12)7-8-16(18)15-4-3-9-17-11-15/h5-6,10,15-18H,3-4,7-9,11H2,1-2H3. The van der Waals surface area contributed by atoms with Gasteiger partial charge in [-0.15, -0.1) is 0 Å². The molecule has 1 saturated heterocycles. The Morgan fingerprint density at radius 2 is 2.22 bits per heavy atom. The van der Waals surface area contributed by atoms with Gasteiger partial charge in [0.1, 0.15) is 0 Å². The van der Waals surface area contributed by atoms with Gasteiger partial charge in [-0.05, 0) is 63.1 Å². The summed E-state index contributed by atoms with van der Waals surface area (Å²) in [4.78, 5) is 0. The van der Waals surface area contributed by atoms with Crippen LogP contribution >= 0.6 is 0 Å². The zero-order chi connectivity index (χ0) is 13.0. The average molecular weight is 247 g/mol. The first-order valence-corrected chi connectivity index (χ1v) is 7.11. The van der Waals surface area contributed by atoms with Crippen molar-refractivity contribution >= 4 is 0 Å². The van der Waals surface area contributed by atoms with Crippen LogP contribution in [0.25, 0.3) is 0 Å². The molecule has 18 heavy (non-hydrogen) atoms. The summed E-state index contributed by atoms with van der Waals surface area (Å²) in [5.74, 6) is 0.449. The molecule has 0 radical (unpaired) electrons. The van der Waals surface area contributed by atoms with Crippen LogP contribution in [0.1, 0.15) is 36.0 Å². The summed E-state index contributed by atoms with van der Waals surface area (Å²) in [6.07, 6.45) is 4.09. The highest BCUT2D eigenvalue weighted by molar-refractivity contribution is 5.30. The normalized spacial score (nSPS) is 21.8. The second-order valence-electron chi connectivity index (χ2n) is 5.64. The Bertz CT molecular complexity index is 383. The zero-order valence-corrected chi connectivity index (χ0v) is 11.6. The van der Waals surface area contributed by atoms with E-state index in [1.165, 1.54) is 29.5 Å². The summed E-state index contributed by atoms with van der Waals surface area (Å²) in [5.41, 5.74) is 4.04. The van der Waals surface area contributed by atoms with Gasteiger partial charge in [0.15, 0.2) is 0 Å². The van der Waals surface area contributed by atoms with Crippen molar-refractivity contribution in [3.8, 4) is 0 Å². The van der Waals surface area contributed by atoms with E-state index >= 15 is 0 Å². The van der Waals surface area contributed by atoms with E-state index < -0.39 is 0 Å². The highest BCUT2D eigenvalue weighted by Gasteiger charge is 2.21. The summed E-state index contributed by atoms with van der Waals surface area (Å²) in [6, 6.07) is 6.59. The monoisotopic (exact) mass is 247 g/mol. The van der Waals surface area contributed by atoms with Crippen LogP contribution in [-0.4, -0.2) is 24.3 Å². The highest BCUT2D eigenvalue weighted by Crippen LogP contribution is 2.20. The van der Waals surface area contributed by atoms with E-state index in [1.807, 2.05) is 0 Å². The molecule has 1 aromatic rings. The van der Waals surface area contributed by atoms with Gasteiger partial charge in [-0.25, -0.2) is 0 Å². The fourth-order valence-electron chi connectivity index (χ4n) is 2.87. The molecule has 2 atom stereocenters. The third kappa shape index (κ3) is 3.56. The molecule has 0 aliphatic carbocycles. The van der Waals surface area contributed by atoms with E-state index in [4.69, 9.17) is 0 Å². The Morgan fingerprint density at radius 1 is 1.39 bits per heavy atom. The fourth-order valence-corrected chi connectivity index (χ4v) is 2.87. The second kappa shape index (κ2) is 6.35. The van der Waals surface area contributed by atoms with Crippen LogP contribution in [0.4, 0.5) is 0 Å². The van der Waals surface area contributed by atoms with Crippen molar-refractivity contribution in [3.63, 3.8) is 0 Å². The average Bonchev–Trinajstić information content (AvgIpc) is 2.38. The molecule has 2 unspecified atom stereocenters. The molecule has 2 nitrogen and oxygen atoms in total. The molecule has 1 aliphatic rings. The van der Waals surface area contributed by atoms with Gasteiger partial charge in [0, 0.05) is 6.54 Å². The van der Waals surface area contributed by atoms with E-state index in [2.05, 4.69) is 37.4 Å². The third-order valence-electron chi connectivity index (χ3n) is 4.09. The molecule has 1 aliphatic heterocycles. The van der Waals surface area contributed by atoms with Crippen LogP contribution in [0, 0.1) is 19.8 Å². The molecule has 2 heteroatoms. The summed E-state index contributed by atoms with van der Waals surface area (Å²) in [5, 5.41) is 13.6. The number of aliphatic hydroxyl groups is 1. The summed E-state index contributed by atoms with van der Waals surface area (Å²) in [7, 11) is 0. The minimum absolute atomic E-state index is 0.154. The Hall–Kier alpha value is -0.860. The van der Waals surface area contributed by atoms with Gasteiger partial charge in [0.05, 0.1) is 6.10 Å². The van der Waals surface area contributed by atoms with Crippen molar-refractivity contribution in [2.24, 2.45) is 5.92 Å². The number of hydrogen-bond acceptors (Lipinski definition) is 2. The van der Waals surface area contributed by atoms with Crippen molar-refractivity contribution in [2.45, 2.75) is 45.6 Å². The number of piperidine rings is 1. The highest BCUT2D eigenvalue weighted by atomic mass is 16.3. The smallest absolute Gasteiger partial charge is 0.0583 e. The quantitative estimate of drug-likeness (QED) is 0.857. The SMILES string of the molecule is Cc1ccc(CCC(O)C2CCCNC2)c(C)c1. The third-order valence-corrected chi connectivity index (χ3v) is 4.09. The first-order chi connectivity index (χ1) is 8.66. The van der Waals surface area contributed by atoms with Crippen LogP contribution in [0.3, 0.4) is 0 Å². The van der Waals surface area contributed by atoms with Crippen molar-refractivity contribution < 1.29 is 5.11 Å². The largest absolute Gasteiger partial charge is 0.393 e. The van der Waals surface area contributed by atoms with E-state index in [9.17, 15) is 5.11 Å². The van der Waals surface area contributed by atoms with Crippen LogP contribution in [0.5, 0.6) is 0 Å². The molecule has 0 aromatic heterocycles. The van der Waals surface area contributed by atoms with Gasteiger partial charge in [0.2, 0.25) is 0 Å². The summed E-state index contributed by atoms with van der Waals surface area (Å²) >= 11 is 0. The van der Waals surface area contributed by atoms with E-state index in [-0.39, 0.29) is 6.10 Å². The van der Waals surface area contributed by atoms with Crippen molar-refractivity contribution in [2.75, 3.05) is 13.1 Å². The molecule has 1 aromatic carbocycles. The molecule has 1 heterocycles. The van der Waals surface area contributed by atoms with Gasteiger partial charge < -0.3 is 10.4 Å². The Morgan fingerprint density at radius 3 is 2.89 bits per heavy atom. The second-order valence-corrected chi connectivity index (χ2v) is 5.64. The van der Waals surface area contributed by atoms with E-state index in [1.54, 1.807) is 0 Å². The maximum atomic E-state index is 10.2. The molecule has 0 bridgehead atoms. The molecule has 0 saturated carbocycles. The lowest BCUT2D eigenvalue weighted by atomic mass is 9.89. The Balaban J connectivity index is 1.86. The summed E-state index contributed by atoms with van der Waals surface area (Å²) < 4.78 is 0. The minimum atomic E-state index is -0.154. The first kappa shape index (κ1) is 13.6. The van der Waals surface area contributed by atoms with Crippen LogP contribution < -0.4 is 5.32 Å². The minimum Gasteiger partial charge on any atom is -0.393 e. The number of rotatable bonds is 4. The molecular weight excluding hydrogens is 222 g/mol. The van der Waals surface area contributed by atoms with Gasteiger partial charge in [-0.3, -0.25) is 0 Å². The summed E-state index contributed by atoms with van der Waals surface area (Å²) in [6.45, 7) is 6.38. The molecule has 2 rings (SSSR count). The number of hydrogen-bond donors (Lipinski definition) is 2. The van der Waals surface area contributed by atoms with Crippen molar-refractivity contribution in [3.05, 3.63) is 34.9 Å². The number of nitrogens with one attached hydrogen (secondary N) is 1. The van der Waals surface area contributed by atoms with Crippen molar-refractivity contribution in [1.29, 1.82) is 0 Å². The fraction of sp³-hybridized carbons (Fsp3) is 0.625. The van der Waals surface area contributed by atoms with E-state index in [0.29, 0.717) is 5.92 Å². The zero-order valence-electron chi connectivity index (χ0n) is 11.6. The van der Waals surface area contributed by atoms with Crippen LogP contribution in [0.15, 0.2) is 18.2 Å². The molecule has 100 valence electrons. The molecule has 0 amide bonds. The number of aliphatic hydroxyl groups excluding tert-OH is 1. The lowest BCUT2D eigenvalue weighted by Crippen LogP contribution is -2.36. The molecule has 0 spiro atoms. The van der Waals surface area contributed by atoms with Gasteiger partial charge in [-0.2, -0.15) is 0 Å². The Kier molecular flexibility index (Phi) is 4.79. The van der Waals surface area contributed by atoms with Gasteiger partial charge in [0.25, 0.3) is 0 Å². The Labute approximate surface area is 110 Å². The van der Waals surface area contributed by atoms with Crippen LogP contribution in [-0.2, 0) is 6.42 Å². The molecule has 1 fully saturated rings. The number of benzene rings is 1. The van der Waals surface area contributed by atoms with Crippen LogP contribution in [0.2, 0.25) is 0 Å². The first-order valence-electron chi connectivity index (χ1n) is 7.11. The lowest BCUT2D eigenvalue weighted by molar-refractivity contribution is 0.0844. The lowest BCUT2D eigenvalue weighted by Gasteiger charge is -2.27. The van der Waals surface area contributed by atoms with Crippen molar-refractivity contribution in [1.82, 2.24) is 5.32 Å². The predicted octanol–water partition coefficient (Wildman–Crippen LogP) is 2.60. The van der Waals surface area contributed by atoms with Gasteiger partial charge in [-0.1, -0.05) is 23.8 Å². The molecule has 2 N–H and O–H groups in total. The topological polar surface area (TPSA) is 32.3 Å². The molecular formula is C16H25NO. The maximum Gasteiger partial charge on any atom is 0.0583 e. The number of aryl methyl sites for hydroxylation is 3. The maximum absolute atomic E-state index is 10.2. The van der Waals surface area contributed by atoms with E-state index in [0.717, 1.165) is 25.9 Å².